The number of hydrogen-bond donors (Lipinski definition) is 1. The molecule has 1 aromatic carbocycles. The summed E-state index contributed by atoms with van der Waals surface area (Å²) in [5, 5.41) is 3.30. The van der Waals surface area contributed by atoms with E-state index in [0.29, 0.717) is 13.2 Å². The standard InChI is InChI=1S/C14H21NO2/c1-11-3-4-13(7-12(11)2)9-16-10-14-8-15-5-6-17-14/h3-4,7,14-15H,5-6,8-10H2,1-2H3. The lowest BCUT2D eigenvalue weighted by molar-refractivity contribution is -0.0357. The van der Waals surface area contributed by atoms with Crippen molar-refractivity contribution in [2.24, 2.45) is 0 Å². The Morgan fingerprint density at radius 1 is 1.35 bits per heavy atom. The molecular weight excluding hydrogens is 214 g/mol. The van der Waals surface area contributed by atoms with Gasteiger partial charge in [-0.15, -0.1) is 0 Å². The molecule has 3 nitrogen and oxygen atoms in total. The molecule has 0 aromatic heterocycles. The first-order chi connectivity index (χ1) is 8.25. The van der Waals surface area contributed by atoms with E-state index in [1.165, 1.54) is 16.7 Å². The Morgan fingerprint density at radius 3 is 2.94 bits per heavy atom. The summed E-state index contributed by atoms with van der Waals surface area (Å²) in [6, 6.07) is 6.46. The molecule has 94 valence electrons. The predicted molar refractivity (Wildman–Crippen MR) is 68.2 cm³/mol. The Morgan fingerprint density at radius 2 is 2.24 bits per heavy atom. The quantitative estimate of drug-likeness (QED) is 0.863. The lowest BCUT2D eigenvalue weighted by Gasteiger charge is -2.23. The molecule has 1 aliphatic heterocycles. The van der Waals surface area contributed by atoms with Crippen LogP contribution >= 0.6 is 0 Å². The van der Waals surface area contributed by atoms with Crippen LogP contribution in [-0.2, 0) is 16.1 Å². The fourth-order valence-corrected chi connectivity index (χ4v) is 1.93. The Bertz CT molecular complexity index is 359. The van der Waals surface area contributed by atoms with Crippen molar-refractivity contribution in [1.29, 1.82) is 0 Å². The van der Waals surface area contributed by atoms with E-state index < -0.39 is 0 Å². The van der Waals surface area contributed by atoms with Crippen molar-refractivity contribution < 1.29 is 9.47 Å². The van der Waals surface area contributed by atoms with Gasteiger partial charge in [0, 0.05) is 13.1 Å². The van der Waals surface area contributed by atoms with E-state index in [1.807, 2.05) is 0 Å². The summed E-state index contributed by atoms with van der Waals surface area (Å²) < 4.78 is 11.3. The van der Waals surface area contributed by atoms with Gasteiger partial charge in [-0.05, 0) is 30.5 Å². The molecule has 0 bridgehead atoms. The monoisotopic (exact) mass is 235 g/mol. The molecule has 1 unspecified atom stereocenters. The number of aryl methyl sites for hydroxylation is 2. The number of ether oxygens (including phenoxy) is 2. The van der Waals surface area contributed by atoms with Gasteiger partial charge in [0.05, 0.1) is 25.9 Å². The zero-order chi connectivity index (χ0) is 12.1. The molecule has 0 amide bonds. The first kappa shape index (κ1) is 12.6. The van der Waals surface area contributed by atoms with Crippen LogP contribution in [0.15, 0.2) is 18.2 Å². The normalized spacial score (nSPS) is 20.5. The van der Waals surface area contributed by atoms with E-state index in [2.05, 4.69) is 37.4 Å². The summed E-state index contributed by atoms with van der Waals surface area (Å²) >= 11 is 0. The molecule has 1 aliphatic rings. The van der Waals surface area contributed by atoms with Crippen molar-refractivity contribution in [3.05, 3.63) is 34.9 Å². The van der Waals surface area contributed by atoms with Crippen LogP contribution < -0.4 is 5.32 Å². The summed E-state index contributed by atoms with van der Waals surface area (Å²) in [4.78, 5) is 0. The molecule has 1 fully saturated rings. The second-order valence-electron chi connectivity index (χ2n) is 4.63. The highest BCUT2D eigenvalue weighted by Gasteiger charge is 2.12. The van der Waals surface area contributed by atoms with Crippen LogP contribution in [0.2, 0.25) is 0 Å². The van der Waals surface area contributed by atoms with Gasteiger partial charge in [-0.1, -0.05) is 18.2 Å². The van der Waals surface area contributed by atoms with Gasteiger partial charge in [-0.2, -0.15) is 0 Å². The van der Waals surface area contributed by atoms with Gasteiger partial charge in [-0.3, -0.25) is 0 Å². The molecule has 0 spiro atoms. The van der Waals surface area contributed by atoms with Crippen LogP contribution in [0.5, 0.6) is 0 Å². The van der Waals surface area contributed by atoms with Crippen molar-refractivity contribution in [1.82, 2.24) is 5.32 Å². The van der Waals surface area contributed by atoms with Gasteiger partial charge in [0.1, 0.15) is 0 Å². The van der Waals surface area contributed by atoms with Gasteiger partial charge in [0.2, 0.25) is 0 Å². The zero-order valence-corrected chi connectivity index (χ0v) is 10.7. The summed E-state index contributed by atoms with van der Waals surface area (Å²) in [7, 11) is 0. The highest BCUT2D eigenvalue weighted by atomic mass is 16.5. The van der Waals surface area contributed by atoms with Crippen LogP contribution in [0.3, 0.4) is 0 Å². The molecule has 1 aromatic rings. The number of nitrogens with one attached hydrogen (secondary N) is 1. The highest BCUT2D eigenvalue weighted by Crippen LogP contribution is 2.11. The first-order valence-corrected chi connectivity index (χ1v) is 6.22. The maximum atomic E-state index is 5.69. The molecule has 0 radical (unpaired) electrons. The van der Waals surface area contributed by atoms with Gasteiger partial charge in [-0.25, -0.2) is 0 Å². The molecule has 1 atom stereocenters. The third-order valence-electron chi connectivity index (χ3n) is 3.15. The van der Waals surface area contributed by atoms with Gasteiger partial charge in [0.15, 0.2) is 0 Å². The van der Waals surface area contributed by atoms with Crippen LogP contribution in [-0.4, -0.2) is 32.4 Å². The lowest BCUT2D eigenvalue weighted by Crippen LogP contribution is -2.40. The molecule has 3 heteroatoms. The van der Waals surface area contributed by atoms with E-state index in [0.717, 1.165) is 19.7 Å². The third-order valence-corrected chi connectivity index (χ3v) is 3.15. The minimum Gasteiger partial charge on any atom is -0.374 e. The van der Waals surface area contributed by atoms with Crippen LogP contribution in [0.4, 0.5) is 0 Å². The number of morpholine rings is 1. The molecule has 2 rings (SSSR count). The van der Waals surface area contributed by atoms with E-state index in [-0.39, 0.29) is 6.10 Å². The second kappa shape index (κ2) is 6.15. The minimum absolute atomic E-state index is 0.204. The summed E-state index contributed by atoms with van der Waals surface area (Å²) in [5.41, 5.74) is 3.88. The third kappa shape index (κ3) is 3.80. The SMILES string of the molecule is Cc1ccc(COCC2CNCCO2)cc1C. The van der Waals surface area contributed by atoms with E-state index in [9.17, 15) is 0 Å². The maximum Gasteiger partial charge on any atom is 0.0933 e. The molecule has 17 heavy (non-hydrogen) atoms. The van der Waals surface area contributed by atoms with Crippen molar-refractivity contribution >= 4 is 0 Å². The smallest absolute Gasteiger partial charge is 0.0933 e. The molecule has 1 saturated heterocycles. The fourth-order valence-electron chi connectivity index (χ4n) is 1.93. The molecular formula is C14H21NO2. The first-order valence-electron chi connectivity index (χ1n) is 6.22. The topological polar surface area (TPSA) is 30.5 Å². The Labute approximate surface area is 103 Å². The second-order valence-corrected chi connectivity index (χ2v) is 4.63. The molecule has 1 heterocycles. The fraction of sp³-hybridized carbons (Fsp3) is 0.571. The van der Waals surface area contributed by atoms with Crippen molar-refractivity contribution in [3.8, 4) is 0 Å². The van der Waals surface area contributed by atoms with E-state index in [1.54, 1.807) is 0 Å². The van der Waals surface area contributed by atoms with Crippen molar-refractivity contribution in [2.45, 2.75) is 26.6 Å². The molecule has 1 N–H and O–H groups in total. The van der Waals surface area contributed by atoms with Crippen LogP contribution in [0.25, 0.3) is 0 Å². The van der Waals surface area contributed by atoms with Gasteiger partial charge < -0.3 is 14.8 Å². The average molecular weight is 235 g/mol. The minimum atomic E-state index is 0.204. The number of benzene rings is 1. The molecule has 0 aliphatic carbocycles. The highest BCUT2D eigenvalue weighted by molar-refractivity contribution is 5.29. The number of hydrogen-bond acceptors (Lipinski definition) is 3. The van der Waals surface area contributed by atoms with Crippen LogP contribution in [0, 0.1) is 13.8 Å². The van der Waals surface area contributed by atoms with Gasteiger partial charge >= 0.3 is 0 Å². The summed E-state index contributed by atoms with van der Waals surface area (Å²) in [6.45, 7) is 8.23. The molecule has 0 saturated carbocycles. The zero-order valence-electron chi connectivity index (χ0n) is 10.7. The van der Waals surface area contributed by atoms with E-state index >= 15 is 0 Å². The van der Waals surface area contributed by atoms with Gasteiger partial charge in [0.25, 0.3) is 0 Å². The van der Waals surface area contributed by atoms with E-state index in [4.69, 9.17) is 9.47 Å². The Hall–Kier alpha value is -0.900. The van der Waals surface area contributed by atoms with Crippen LogP contribution in [0.1, 0.15) is 16.7 Å². The largest absolute Gasteiger partial charge is 0.374 e. The lowest BCUT2D eigenvalue weighted by atomic mass is 10.1. The maximum absolute atomic E-state index is 5.69. The average Bonchev–Trinajstić information content (AvgIpc) is 2.35. The van der Waals surface area contributed by atoms with Crippen molar-refractivity contribution in [2.75, 3.05) is 26.3 Å². The summed E-state index contributed by atoms with van der Waals surface area (Å²) in [5.74, 6) is 0. The van der Waals surface area contributed by atoms with Crippen molar-refractivity contribution in [3.63, 3.8) is 0 Å². The summed E-state index contributed by atoms with van der Waals surface area (Å²) in [6.07, 6.45) is 0.204. The Kier molecular flexibility index (Phi) is 4.54. The Balaban J connectivity index is 1.75. The number of rotatable bonds is 4. The predicted octanol–water partition coefficient (Wildman–Crippen LogP) is 1.81.